The molecule has 0 radical (unpaired) electrons. The summed E-state index contributed by atoms with van der Waals surface area (Å²) in [6.07, 6.45) is 2.94. The van der Waals surface area contributed by atoms with Gasteiger partial charge in [-0.3, -0.25) is 9.59 Å². The molecule has 0 saturated carbocycles. The molecular formula is C18H16Cl2N2O2. The molecule has 0 aromatic heterocycles. The largest absolute Gasteiger partial charge is 0.352 e. The molecule has 6 heteroatoms. The van der Waals surface area contributed by atoms with Crippen molar-refractivity contribution in [1.29, 1.82) is 0 Å². The van der Waals surface area contributed by atoms with Crippen molar-refractivity contribution in [3.05, 3.63) is 69.7 Å². The van der Waals surface area contributed by atoms with Crippen LogP contribution in [0, 0.1) is 0 Å². The highest BCUT2D eigenvalue weighted by Gasteiger charge is 2.06. The van der Waals surface area contributed by atoms with Crippen LogP contribution in [0.1, 0.15) is 22.8 Å². The van der Waals surface area contributed by atoms with Gasteiger partial charge in [-0.2, -0.15) is 0 Å². The minimum absolute atomic E-state index is 0.185. The molecule has 0 atom stereocenters. The molecule has 2 aromatic carbocycles. The summed E-state index contributed by atoms with van der Waals surface area (Å²) >= 11 is 12.0. The van der Waals surface area contributed by atoms with Gasteiger partial charge < -0.3 is 10.6 Å². The number of hydrogen-bond acceptors (Lipinski definition) is 2. The molecule has 0 bridgehead atoms. The van der Waals surface area contributed by atoms with Crippen molar-refractivity contribution in [3.63, 3.8) is 0 Å². The molecule has 0 aliphatic heterocycles. The van der Waals surface area contributed by atoms with Crippen molar-refractivity contribution in [2.24, 2.45) is 0 Å². The van der Waals surface area contributed by atoms with Gasteiger partial charge in [0, 0.05) is 23.9 Å². The second-order valence-corrected chi connectivity index (χ2v) is 5.69. The minimum Gasteiger partial charge on any atom is -0.352 e. The number of carbonyl (C=O) groups excluding carboxylic acids is 2. The van der Waals surface area contributed by atoms with E-state index in [2.05, 4.69) is 10.6 Å². The van der Waals surface area contributed by atoms with Crippen LogP contribution in [0.4, 0.5) is 5.69 Å². The molecular weight excluding hydrogens is 347 g/mol. The maximum atomic E-state index is 12.0. The quantitative estimate of drug-likeness (QED) is 0.774. The van der Waals surface area contributed by atoms with Crippen LogP contribution < -0.4 is 10.6 Å². The van der Waals surface area contributed by atoms with E-state index in [-0.39, 0.29) is 11.8 Å². The van der Waals surface area contributed by atoms with Crippen molar-refractivity contribution in [2.75, 3.05) is 11.9 Å². The van der Waals surface area contributed by atoms with E-state index in [9.17, 15) is 9.59 Å². The van der Waals surface area contributed by atoms with Crippen molar-refractivity contribution in [2.45, 2.75) is 6.92 Å². The van der Waals surface area contributed by atoms with Gasteiger partial charge in [0.2, 0.25) is 5.91 Å². The molecule has 24 heavy (non-hydrogen) atoms. The van der Waals surface area contributed by atoms with Crippen molar-refractivity contribution < 1.29 is 9.59 Å². The van der Waals surface area contributed by atoms with Crippen LogP contribution in [0.25, 0.3) is 6.08 Å². The van der Waals surface area contributed by atoms with Crippen LogP contribution in [-0.2, 0) is 4.79 Å². The van der Waals surface area contributed by atoms with E-state index in [4.69, 9.17) is 23.2 Å². The first-order chi connectivity index (χ1) is 11.5. The first-order valence-corrected chi connectivity index (χ1v) is 8.08. The number of nitrogens with one attached hydrogen (secondary N) is 2. The molecule has 0 spiro atoms. The molecule has 2 N–H and O–H groups in total. The number of hydrogen-bond donors (Lipinski definition) is 2. The summed E-state index contributed by atoms with van der Waals surface area (Å²) in [4.78, 5) is 23.8. The van der Waals surface area contributed by atoms with Crippen LogP contribution in [-0.4, -0.2) is 18.4 Å². The Morgan fingerprint density at radius 2 is 1.88 bits per heavy atom. The molecule has 2 rings (SSSR count). The standard InChI is InChI=1S/C18H16Cl2N2O2/c1-2-21-18(24)13-6-3-7-14(11-13)22-16(23)10-9-12-5-4-8-15(19)17(12)20/h3-11H,2H2,1H3,(H,21,24)(H,22,23)/b10-9+. The van der Waals surface area contributed by atoms with Gasteiger partial charge in [-0.15, -0.1) is 0 Å². The first kappa shape index (κ1) is 18.0. The zero-order valence-corrected chi connectivity index (χ0v) is 14.5. The summed E-state index contributed by atoms with van der Waals surface area (Å²) < 4.78 is 0. The molecule has 0 saturated heterocycles. The maximum absolute atomic E-state index is 12.0. The van der Waals surface area contributed by atoms with Gasteiger partial charge in [0.15, 0.2) is 0 Å². The molecule has 124 valence electrons. The zero-order chi connectivity index (χ0) is 17.5. The molecule has 0 aliphatic carbocycles. The molecule has 0 heterocycles. The fraction of sp³-hybridized carbons (Fsp3) is 0.111. The molecule has 0 aliphatic rings. The zero-order valence-electron chi connectivity index (χ0n) is 13.0. The van der Waals surface area contributed by atoms with E-state index in [1.54, 1.807) is 48.5 Å². The second kappa shape index (κ2) is 8.52. The Morgan fingerprint density at radius 1 is 1.12 bits per heavy atom. The Kier molecular flexibility index (Phi) is 6.41. The van der Waals surface area contributed by atoms with Crippen LogP contribution in [0.5, 0.6) is 0 Å². The third-order valence-corrected chi connectivity index (χ3v) is 3.96. The Morgan fingerprint density at radius 3 is 2.62 bits per heavy atom. The summed E-state index contributed by atoms with van der Waals surface area (Å²) in [5.74, 6) is -0.519. The Bertz CT molecular complexity index is 788. The fourth-order valence-corrected chi connectivity index (χ4v) is 2.37. The minimum atomic E-state index is -0.334. The van der Waals surface area contributed by atoms with Gasteiger partial charge in [0.05, 0.1) is 10.0 Å². The van der Waals surface area contributed by atoms with Gasteiger partial charge in [-0.05, 0) is 42.8 Å². The van der Waals surface area contributed by atoms with E-state index in [0.29, 0.717) is 33.4 Å². The fourth-order valence-electron chi connectivity index (χ4n) is 2.00. The normalized spacial score (nSPS) is 10.6. The van der Waals surface area contributed by atoms with Crippen LogP contribution in [0.15, 0.2) is 48.5 Å². The first-order valence-electron chi connectivity index (χ1n) is 7.32. The van der Waals surface area contributed by atoms with Gasteiger partial charge in [0.25, 0.3) is 5.91 Å². The number of anilines is 1. The predicted octanol–water partition coefficient (Wildman–Crippen LogP) is 4.40. The Balaban J connectivity index is 2.07. The summed E-state index contributed by atoms with van der Waals surface area (Å²) in [5.41, 5.74) is 1.66. The summed E-state index contributed by atoms with van der Waals surface area (Å²) in [7, 11) is 0. The lowest BCUT2D eigenvalue weighted by atomic mass is 10.2. The Labute approximate surface area is 150 Å². The highest BCUT2D eigenvalue weighted by molar-refractivity contribution is 6.42. The van der Waals surface area contributed by atoms with Crippen molar-refractivity contribution >= 4 is 46.8 Å². The maximum Gasteiger partial charge on any atom is 0.251 e. The monoisotopic (exact) mass is 362 g/mol. The second-order valence-electron chi connectivity index (χ2n) is 4.91. The number of benzene rings is 2. The molecule has 0 fully saturated rings. The number of rotatable bonds is 5. The highest BCUT2D eigenvalue weighted by Crippen LogP contribution is 2.26. The summed E-state index contributed by atoms with van der Waals surface area (Å²) in [5, 5.41) is 6.22. The van der Waals surface area contributed by atoms with Gasteiger partial charge in [0.1, 0.15) is 0 Å². The number of carbonyl (C=O) groups is 2. The van der Waals surface area contributed by atoms with Gasteiger partial charge in [-0.1, -0.05) is 41.4 Å². The van der Waals surface area contributed by atoms with Crippen molar-refractivity contribution in [3.8, 4) is 0 Å². The summed E-state index contributed by atoms with van der Waals surface area (Å²) in [6.45, 7) is 2.38. The van der Waals surface area contributed by atoms with Crippen LogP contribution >= 0.6 is 23.2 Å². The number of amides is 2. The van der Waals surface area contributed by atoms with E-state index in [1.807, 2.05) is 6.92 Å². The van der Waals surface area contributed by atoms with E-state index >= 15 is 0 Å². The predicted molar refractivity (Wildman–Crippen MR) is 98.6 cm³/mol. The SMILES string of the molecule is CCNC(=O)c1cccc(NC(=O)/C=C/c2cccc(Cl)c2Cl)c1. The average molecular weight is 363 g/mol. The summed E-state index contributed by atoms with van der Waals surface area (Å²) in [6, 6.07) is 11.9. The smallest absolute Gasteiger partial charge is 0.251 e. The third kappa shape index (κ3) is 4.85. The van der Waals surface area contributed by atoms with Gasteiger partial charge >= 0.3 is 0 Å². The molecule has 2 amide bonds. The van der Waals surface area contributed by atoms with E-state index in [0.717, 1.165) is 0 Å². The highest BCUT2D eigenvalue weighted by atomic mass is 35.5. The number of halogens is 2. The lowest BCUT2D eigenvalue weighted by molar-refractivity contribution is -0.111. The van der Waals surface area contributed by atoms with E-state index < -0.39 is 0 Å². The van der Waals surface area contributed by atoms with Crippen LogP contribution in [0.2, 0.25) is 10.0 Å². The molecule has 0 unspecified atom stereocenters. The van der Waals surface area contributed by atoms with E-state index in [1.165, 1.54) is 6.08 Å². The third-order valence-electron chi connectivity index (χ3n) is 3.13. The van der Waals surface area contributed by atoms with Crippen molar-refractivity contribution in [1.82, 2.24) is 5.32 Å². The Hall–Kier alpha value is -2.30. The topological polar surface area (TPSA) is 58.2 Å². The van der Waals surface area contributed by atoms with Crippen LogP contribution in [0.3, 0.4) is 0 Å². The lowest BCUT2D eigenvalue weighted by Gasteiger charge is -2.06. The van der Waals surface area contributed by atoms with Gasteiger partial charge in [-0.25, -0.2) is 0 Å². The average Bonchev–Trinajstić information content (AvgIpc) is 2.56. The lowest BCUT2D eigenvalue weighted by Crippen LogP contribution is -2.22. The molecule has 4 nitrogen and oxygen atoms in total. The molecule has 2 aromatic rings.